The van der Waals surface area contributed by atoms with Gasteiger partial charge >= 0.3 is 0 Å². The highest BCUT2D eigenvalue weighted by Crippen LogP contribution is 2.39. The van der Waals surface area contributed by atoms with Gasteiger partial charge in [-0.2, -0.15) is 0 Å². The smallest absolute Gasteiger partial charge is 0.147 e. The zero-order valence-electron chi connectivity index (χ0n) is 16.1. The summed E-state index contributed by atoms with van der Waals surface area (Å²) in [6, 6.07) is 9.96. The Hall–Kier alpha value is -1.24. The Balaban J connectivity index is 1.79. The van der Waals surface area contributed by atoms with Crippen LogP contribution in [0.25, 0.3) is 0 Å². The summed E-state index contributed by atoms with van der Waals surface area (Å²) in [6.07, 6.45) is 2.01. The van der Waals surface area contributed by atoms with Crippen LogP contribution in [0.4, 0.5) is 0 Å². The molecule has 1 saturated heterocycles. The van der Waals surface area contributed by atoms with Crippen molar-refractivity contribution in [3.05, 3.63) is 48.6 Å². The fraction of sp³-hybridized carbons (Fsp3) is 0.619. The van der Waals surface area contributed by atoms with Gasteiger partial charge in [0.1, 0.15) is 12.9 Å². The molecule has 1 aromatic rings. The van der Waals surface area contributed by atoms with Crippen LogP contribution in [0.3, 0.4) is 0 Å². The summed E-state index contributed by atoms with van der Waals surface area (Å²) >= 11 is 0. The molecule has 5 heteroatoms. The van der Waals surface area contributed by atoms with Gasteiger partial charge in [0.2, 0.25) is 0 Å². The van der Waals surface area contributed by atoms with E-state index in [0.717, 1.165) is 5.56 Å². The zero-order chi connectivity index (χ0) is 19.0. The molecule has 0 aliphatic carbocycles. The maximum Gasteiger partial charge on any atom is 0.147 e. The SMILES string of the molecule is C=CC[C@H]1O[C@H]([C@@H](COCOCc2ccccc2)OC)C[C@@H](O)C1(C)C. The largest absolute Gasteiger partial charge is 0.392 e. The molecule has 0 unspecified atom stereocenters. The first-order valence-electron chi connectivity index (χ1n) is 9.15. The van der Waals surface area contributed by atoms with Gasteiger partial charge in [0, 0.05) is 18.9 Å². The van der Waals surface area contributed by atoms with Crippen molar-refractivity contribution >= 4 is 0 Å². The van der Waals surface area contributed by atoms with E-state index in [-0.39, 0.29) is 30.5 Å². The van der Waals surface area contributed by atoms with Crippen molar-refractivity contribution in [3.63, 3.8) is 0 Å². The Morgan fingerprint density at radius 3 is 2.69 bits per heavy atom. The molecule has 1 N–H and O–H groups in total. The molecule has 1 fully saturated rings. The number of methoxy groups -OCH3 is 1. The minimum absolute atomic E-state index is 0.0965. The first-order valence-corrected chi connectivity index (χ1v) is 9.15. The van der Waals surface area contributed by atoms with Gasteiger partial charge in [0.15, 0.2) is 0 Å². The van der Waals surface area contributed by atoms with Crippen LogP contribution in [-0.2, 0) is 25.6 Å². The number of hydrogen-bond acceptors (Lipinski definition) is 5. The van der Waals surface area contributed by atoms with Crippen molar-refractivity contribution in [3.8, 4) is 0 Å². The highest BCUT2D eigenvalue weighted by atomic mass is 16.7. The number of rotatable bonds is 10. The van der Waals surface area contributed by atoms with Crippen LogP contribution < -0.4 is 0 Å². The van der Waals surface area contributed by atoms with Gasteiger partial charge in [-0.15, -0.1) is 6.58 Å². The van der Waals surface area contributed by atoms with Crippen LogP contribution in [0, 0.1) is 5.41 Å². The van der Waals surface area contributed by atoms with Crippen LogP contribution in [0.15, 0.2) is 43.0 Å². The maximum absolute atomic E-state index is 10.5. The van der Waals surface area contributed by atoms with Crippen LogP contribution >= 0.6 is 0 Å². The van der Waals surface area contributed by atoms with Crippen molar-refractivity contribution in [2.45, 2.75) is 57.7 Å². The lowest BCUT2D eigenvalue weighted by atomic mass is 9.74. The lowest BCUT2D eigenvalue weighted by Gasteiger charge is -2.47. The molecule has 1 aliphatic rings. The van der Waals surface area contributed by atoms with Crippen molar-refractivity contribution in [1.29, 1.82) is 0 Å². The highest BCUT2D eigenvalue weighted by molar-refractivity contribution is 5.13. The van der Waals surface area contributed by atoms with E-state index in [4.69, 9.17) is 18.9 Å². The van der Waals surface area contributed by atoms with Gasteiger partial charge < -0.3 is 24.1 Å². The highest BCUT2D eigenvalue weighted by Gasteiger charge is 2.45. The second kappa shape index (κ2) is 10.2. The van der Waals surface area contributed by atoms with E-state index in [1.165, 1.54) is 0 Å². The average molecular weight is 364 g/mol. The van der Waals surface area contributed by atoms with Crippen LogP contribution in [0.5, 0.6) is 0 Å². The number of benzene rings is 1. The number of aliphatic hydroxyl groups excluding tert-OH is 1. The average Bonchev–Trinajstić information content (AvgIpc) is 2.63. The lowest BCUT2D eigenvalue weighted by Crippen LogP contribution is -2.54. The van der Waals surface area contributed by atoms with Crippen molar-refractivity contribution in [1.82, 2.24) is 0 Å². The summed E-state index contributed by atoms with van der Waals surface area (Å²) in [5, 5.41) is 10.5. The molecule has 1 aliphatic heterocycles. The molecule has 5 nitrogen and oxygen atoms in total. The maximum atomic E-state index is 10.5. The summed E-state index contributed by atoms with van der Waals surface area (Å²) in [4.78, 5) is 0. The monoisotopic (exact) mass is 364 g/mol. The molecule has 0 aromatic heterocycles. The molecule has 0 amide bonds. The number of ether oxygens (including phenoxy) is 4. The van der Waals surface area contributed by atoms with Gasteiger partial charge in [-0.1, -0.05) is 50.3 Å². The third-order valence-electron chi connectivity index (χ3n) is 5.14. The minimum atomic E-state index is -0.460. The molecule has 26 heavy (non-hydrogen) atoms. The molecule has 146 valence electrons. The predicted molar refractivity (Wildman–Crippen MR) is 101 cm³/mol. The standard InChI is InChI=1S/C21H32O5/c1-5-9-20-21(2,3)19(22)12-17(26-20)18(23-4)14-25-15-24-13-16-10-7-6-8-11-16/h5-8,10-11,17-20,22H,1,9,12-15H2,2-4H3/t17-,18+,19+,20+/m0/s1. The first-order chi connectivity index (χ1) is 12.5. The van der Waals surface area contributed by atoms with E-state index in [1.807, 2.05) is 50.3 Å². The number of hydrogen-bond donors (Lipinski definition) is 1. The fourth-order valence-corrected chi connectivity index (χ4v) is 3.21. The normalized spacial score (nSPS) is 26.4. The predicted octanol–water partition coefficient (Wildman–Crippen LogP) is 3.31. The van der Waals surface area contributed by atoms with Crippen LogP contribution in [-0.4, -0.2) is 50.0 Å². The van der Waals surface area contributed by atoms with Crippen molar-refractivity contribution in [2.24, 2.45) is 5.41 Å². The van der Waals surface area contributed by atoms with Crippen molar-refractivity contribution in [2.75, 3.05) is 20.5 Å². The Kier molecular flexibility index (Phi) is 8.25. The molecule has 4 atom stereocenters. The zero-order valence-corrected chi connectivity index (χ0v) is 16.1. The molecule has 1 aromatic carbocycles. The molecule has 0 radical (unpaired) electrons. The van der Waals surface area contributed by atoms with E-state index < -0.39 is 6.10 Å². The molecule has 0 bridgehead atoms. The lowest BCUT2D eigenvalue weighted by molar-refractivity contribution is -0.212. The van der Waals surface area contributed by atoms with Crippen molar-refractivity contribution < 1.29 is 24.1 Å². The summed E-state index contributed by atoms with van der Waals surface area (Å²) in [5.41, 5.74) is 0.787. The first kappa shape index (κ1) is 21.1. The number of aliphatic hydroxyl groups is 1. The summed E-state index contributed by atoms with van der Waals surface area (Å²) in [6.45, 7) is 8.89. The van der Waals surface area contributed by atoms with E-state index in [1.54, 1.807) is 7.11 Å². The van der Waals surface area contributed by atoms with E-state index in [2.05, 4.69) is 6.58 Å². The van der Waals surface area contributed by atoms with Gasteiger partial charge in [-0.3, -0.25) is 0 Å². The summed E-state index contributed by atoms with van der Waals surface area (Å²) < 4.78 is 22.9. The van der Waals surface area contributed by atoms with Gasteiger partial charge in [0.25, 0.3) is 0 Å². The quantitative estimate of drug-likeness (QED) is 0.392. The molecule has 2 rings (SSSR count). The Morgan fingerprint density at radius 1 is 1.31 bits per heavy atom. The molecular formula is C21H32O5. The molecular weight excluding hydrogens is 332 g/mol. The Labute approximate surface area is 156 Å². The van der Waals surface area contributed by atoms with Gasteiger partial charge in [-0.05, 0) is 12.0 Å². The summed E-state index contributed by atoms with van der Waals surface area (Å²) in [5.74, 6) is 0. The van der Waals surface area contributed by atoms with E-state index in [0.29, 0.717) is 26.1 Å². The second-order valence-electron chi connectivity index (χ2n) is 7.36. The van der Waals surface area contributed by atoms with E-state index in [9.17, 15) is 5.11 Å². The topological polar surface area (TPSA) is 57.2 Å². The minimum Gasteiger partial charge on any atom is -0.392 e. The third kappa shape index (κ3) is 5.63. The Morgan fingerprint density at radius 2 is 2.04 bits per heavy atom. The Bertz CT molecular complexity index is 530. The molecule has 0 spiro atoms. The molecule has 1 heterocycles. The van der Waals surface area contributed by atoms with Gasteiger partial charge in [-0.25, -0.2) is 0 Å². The van der Waals surface area contributed by atoms with Crippen LogP contribution in [0.1, 0.15) is 32.3 Å². The third-order valence-corrected chi connectivity index (χ3v) is 5.14. The van der Waals surface area contributed by atoms with Crippen LogP contribution in [0.2, 0.25) is 0 Å². The fourth-order valence-electron chi connectivity index (χ4n) is 3.21. The van der Waals surface area contributed by atoms with E-state index >= 15 is 0 Å². The molecule has 0 saturated carbocycles. The second-order valence-corrected chi connectivity index (χ2v) is 7.36. The van der Waals surface area contributed by atoms with Gasteiger partial charge in [0.05, 0.1) is 31.5 Å². The summed E-state index contributed by atoms with van der Waals surface area (Å²) in [7, 11) is 1.64.